The van der Waals surface area contributed by atoms with Crippen molar-refractivity contribution in [1.29, 1.82) is 0 Å². The highest BCUT2D eigenvalue weighted by Crippen LogP contribution is 2.22. The number of amides is 1. The summed E-state index contributed by atoms with van der Waals surface area (Å²) in [5.74, 6) is 0.247. The number of benzene rings is 1. The average molecular weight is 349 g/mol. The fraction of sp³-hybridized carbons (Fsp3) is 0.143. The molecule has 0 aliphatic rings. The van der Waals surface area contributed by atoms with Gasteiger partial charge in [0.2, 0.25) is 11.9 Å². The predicted molar refractivity (Wildman–Crippen MR) is 90.7 cm³/mol. The average Bonchev–Trinajstić information content (AvgIpc) is 2.90. The molecule has 9 heteroatoms. The zero-order valence-corrected chi connectivity index (χ0v) is 13.7. The Bertz CT molecular complexity index is 881. The van der Waals surface area contributed by atoms with Gasteiger partial charge in [0.05, 0.1) is 16.5 Å². The third kappa shape index (κ3) is 3.38. The lowest BCUT2D eigenvalue weighted by atomic mass is 10.3. The van der Waals surface area contributed by atoms with Crippen molar-refractivity contribution in [2.24, 2.45) is 0 Å². The monoisotopic (exact) mass is 348 g/mol. The van der Waals surface area contributed by atoms with Gasteiger partial charge in [-0.25, -0.2) is 9.38 Å². The number of hydrogen-bond acceptors (Lipinski definition) is 6. The highest BCUT2D eigenvalue weighted by Gasteiger charge is 2.13. The van der Waals surface area contributed by atoms with Crippen LogP contribution in [0.25, 0.3) is 5.65 Å². The first-order valence-corrected chi connectivity index (χ1v) is 8.06. The summed E-state index contributed by atoms with van der Waals surface area (Å²) in [6.45, 7) is 1.83. The van der Waals surface area contributed by atoms with E-state index in [4.69, 9.17) is 17.3 Å². The Morgan fingerprint density at radius 1 is 1.39 bits per heavy atom. The first-order chi connectivity index (χ1) is 11.0. The summed E-state index contributed by atoms with van der Waals surface area (Å²) in [5, 5.41) is 11.8. The normalized spacial score (nSPS) is 10.9. The van der Waals surface area contributed by atoms with Gasteiger partial charge in [0.15, 0.2) is 10.8 Å². The SMILES string of the molecule is Cc1cc2nnc(SCC(=O)Nc3ccccc3Cl)n2c(N)n1. The van der Waals surface area contributed by atoms with Crippen LogP contribution in [0.3, 0.4) is 0 Å². The van der Waals surface area contributed by atoms with Crippen molar-refractivity contribution in [3.05, 3.63) is 41.0 Å². The molecule has 118 valence electrons. The molecule has 1 amide bonds. The molecule has 0 atom stereocenters. The number of nitrogens with one attached hydrogen (secondary N) is 1. The van der Waals surface area contributed by atoms with E-state index in [9.17, 15) is 4.79 Å². The van der Waals surface area contributed by atoms with Gasteiger partial charge in [0.1, 0.15) is 0 Å². The molecular formula is C14H13ClN6OS. The van der Waals surface area contributed by atoms with Crippen LogP contribution in [0.15, 0.2) is 35.5 Å². The van der Waals surface area contributed by atoms with Crippen LogP contribution in [0.4, 0.5) is 11.6 Å². The van der Waals surface area contributed by atoms with Gasteiger partial charge in [0.25, 0.3) is 0 Å². The highest BCUT2D eigenvalue weighted by molar-refractivity contribution is 7.99. The molecule has 2 heterocycles. The van der Waals surface area contributed by atoms with Gasteiger partial charge in [-0.2, -0.15) is 0 Å². The molecule has 3 rings (SSSR count). The van der Waals surface area contributed by atoms with E-state index in [2.05, 4.69) is 20.5 Å². The number of rotatable bonds is 4. The molecule has 0 saturated heterocycles. The van der Waals surface area contributed by atoms with Crippen LogP contribution in [-0.4, -0.2) is 31.2 Å². The first kappa shape index (κ1) is 15.6. The molecule has 0 saturated carbocycles. The van der Waals surface area contributed by atoms with E-state index in [1.807, 2.05) is 6.92 Å². The van der Waals surface area contributed by atoms with Crippen molar-refractivity contribution in [2.75, 3.05) is 16.8 Å². The van der Waals surface area contributed by atoms with Gasteiger partial charge in [-0.15, -0.1) is 10.2 Å². The van der Waals surface area contributed by atoms with Crippen molar-refractivity contribution in [3.8, 4) is 0 Å². The summed E-state index contributed by atoms with van der Waals surface area (Å²) < 4.78 is 1.61. The zero-order chi connectivity index (χ0) is 16.4. The summed E-state index contributed by atoms with van der Waals surface area (Å²) in [6, 6.07) is 8.83. The fourth-order valence-corrected chi connectivity index (χ4v) is 2.94. The molecule has 0 unspecified atom stereocenters. The molecule has 0 fully saturated rings. The molecule has 0 radical (unpaired) electrons. The number of thioether (sulfide) groups is 1. The Morgan fingerprint density at radius 3 is 2.96 bits per heavy atom. The lowest BCUT2D eigenvalue weighted by Gasteiger charge is -2.06. The van der Waals surface area contributed by atoms with Crippen molar-refractivity contribution in [1.82, 2.24) is 19.6 Å². The lowest BCUT2D eigenvalue weighted by Crippen LogP contribution is -2.14. The molecule has 1 aromatic carbocycles. The Kier molecular flexibility index (Phi) is 4.35. The van der Waals surface area contributed by atoms with Crippen LogP contribution < -0.4 is 11.1 Å². The molecule has 0 spiro atoms. The van der Waals surface area contributed by atoms with Crippen LogP contribution in [0.1, 0.15) is 5.69 Å². The maximum Gasteiger partial charge on any atom is 0.234 e. The summed E-state index contributed by atoms with van der Waals surface area (Å²) >= 11 is 7.23. The van der Waals surface area contributed by atoms with Crippen LogP contribution in [0.5, 0.6) is 0 Å². The smallest absolute Gasteiger partial charge is 0.234 e. The number of fused-ring (bicyclic) bond motifs is 1. The summed E-state index contributed by atoms with van der Waals surface area (Å²) in [5.41, 5.74) is 7.83. The number of para-hydroxylation sites is 1. The number of carbonyl (C=O) groups excluding carboxylic acids is 1. The van der Waals surface area contributed by atoms with Gasteiger partial charge in [-0.3, -0.25) is 4.79 Å². The minimum absolute atomic E-state index is 0.152. The summed E-state index contributed by atoms with van der Waals surface area (Å²) in [7, 11) is 0. The Labute approximate surface area is 141 Å². The lowest BCUT2D eigenvalue weighted by molar-refractivity contribution is -0.113. The third-order valence-corrected chi connectivity index (χ3v) is 4.26. The van der Waals surface area contributed by atoms with E-state index in [1.54, 1.807) is 34.7 Å². The number of nitrogens with two attached hydrogens (primary N) is 1. The Balaban J connectivity index is 1.71. The van der Waals surface area contributed by atoms with Crippen molar-refractivity contribution < 1.29 is 4.79 Å². The molecule has 2 aromatic heterocycles. The van der Waals surface area contributed by atoms with Gasteiger partial charge in [0, 0.05) is 11.8 Å². The van der Waals surface area contributed by atoms with E-state index in [-0.39, 0.29) is 11.7 Å². The van der Waals surface area contributed by atoms with Gasteiger partial charge >= 0.3 is 0 Å². The second-order valence-corrected chi connectivity index (χ2v) is 6.10. The number of anilines is 2. The standard InChI is InChI=1S/C14H13ClN6OS/c1-8-6-11-19-20-14(21(11)13(16)17-8)23-7-12(22)18-10-5-3-2-4-9(10)15/h2-6H,7H2,1H3,(H2,16,17)(H,18,22). The number of aryl methyl sites for hydroxylation is 1. The maximum atomic E-state index is 12.0. The summed E-state index contributed by atoms with van der Waals surface area (Å²) in [4.78, 5) is 16.2. The number of nitrogens with zero attached hydrogens (tertiary/aromatic N) is 4. The second kappa shape index (κ2) is 6.43. The topological polar surface area (TPSA) is 98.2 Å². The van der Waals surface area contributed by atoms with Gasteiger partial charge in [-0.05, 0) is 19.1 Å². The van der Waals surface area contributed by atoms with E-state index >= 15 is 0 Å². The minimum Gasteiger partial charge on any atom is -0.369 e. The fourth-order valence-electron chi connectivity index (χ4n) is 2.01. The van der Waals surface area contributed by atoms with Crippen molar-refractivity contribution >= 4 is 46.6 Å². The molecule has 7 nitrogen and oxygen atoms in total. The molecule has 0 bridgehead atoms. The van der Waals surface area contributed by atoms with Crippen molar-refractivity contribution in [3.63, 3.8) is 0 Å². The number of nitrogen functional groups attached to an aromatic ring is 1. The number of halogens is 1. The molecular weight excluding hydrogens is 336 g/mol. The first-order valence-electron chi connectivity index (χ1n) is 6.70. The quantitative estimate of drug-likeness (QED) is 0.702. The molecule has 3 aromatic rings. The summed E-state index contributed by atoms with van der Waals surface area (Å²) in [6.07, 6.45) is 0. The van der Waals surface area contributed by atoms with Gasteiger partial charge < -0.3 is 11.1 Å². The number of aromatic nitrogens is 4. The predicted octanol–water partition coefficient (Wildman–Crippen LogP) is 2.40. The number of hydrogen-bond donors (Lipinski definition) is 2. The molecule has 3 N–H and O–H groups in total. The molecule has 0 aliphatic carbocycles. The van der Waals surface area contributed by atoms with Crippen LogP contribution in [0, 0.1) is 6.92 Å². The molecule has 23 heavy (non-hydrogen) atoms. The largest absolute Gasteiger partial charge is 0.369 e. The van der Waals surface area contributed by atoms with Crippen LogP contribution >= 0.6 is 23.4 Å². The third-order valence-electron chi connectivity index (χ3n) is 3.00. The Morgan fingerprint density at radius 2 is 2.17 bits per heavy atom. The van der Waals surface area contributed by atoms with E-state index in [0.29, 0.717) is 27.5 Å². The number of carbonyl (C=O) groups is 1. The van der Waals surface area contributed by atoms with E-state index < -0.39 is 0 Å². The Hall–Kier alpha value is -2.32. The molecule has 0 aliphatic heterocycles. The minimum atomic E-state index is -0.196. The van der Waals surface area contributed by atoms with Crippen LogP contribution in [-0.2, 0) is 4.79 Å². The second-order valence-electron chi connectivity index (χ2n) is 4.75. The van der Waals surface area contributed by atoms with Crippen LogP contribution in [0.2, 0.25) is 5.02 Å². The highest BCUT2D eigenvalue weighted by atomic mass is 35.5. The van der Waals surface area contributed by atoms with E-state index in [1.165, 1.54) is 11.8 Å². The van der Waals surface area contributed by atoms with Gasteiger partial charge in [-0.1, -0.05) is 35.5 Å². The van der Waals surface area contributed by atoms with Crippen molar-refractivity contribution in [2.45, 2.75) is 12.1 Å². The zero-order valence-electron chi connectivity index (χ0n) is 12.2. The maximum absolute atomic E-state index is 12.0. The van der Waals surface area contributed by atoms with E-state index in [0.717, 1.165) is 5.69 Å².